The molecule has 0 bridgehead atoms. The first-order valence-corrected chi connectivity index (χ1v) is 6.50. The third-order valence-electron chi connectivity index (χ3n) is 3.65. The van der Waals surface area contributed by atoms with Gasteiger partial charge in [0.2, 0.25) is 0 Å². The third-order valence-corrected chi connectivity index (χ3v) is 3.65. The molecule has 0 spiro atoms. The van der Waals surface area contributed by atoms with Crippen LogP contribution in [0.2, 0.25) is 0 Å². The number of nitrogen functional groups attached to an aromatic ring is 1. The maximum Gasteiger partial charge on any atom is 0.139 e. The van der Waals surface area contributed by atoms with E-state index in [2.05, 4.69) is 14.5 Å². The molecule has 3 aromatic rings. The Morgan fingerprint density at radius 2 is 2.16 bits per heavy atom. The molecule has 0 aliphatic heterocycles. The fraction of sp³-hybridized carbons (Fsp3) is 0.286. The largest absolute Gasteiger partial charge is 0.383 e. The Morgan fingerprint density at radius 3 is 2.95 bits per heavy atom. The minimum Gasteiger partial charge on any atom is -0.383 e. The van der Waals surface area contributed by atoms with Crippen LogP contribution < -0.4 is 5.73 Å². The molecular weight excluding hydrogens is 238 g/mol. The van der Waals surface area contributed by atoms with E-state index in [4.69, 9.17) is 5.73 Å². The van der Waals surface area contributed by atoms with Gasteiger partial charge in [-0.15, -0.1) is 0 Å². The highest BCUT2D eigenvalue weighted by molar-refractivity contribution is 5.72. The van der Waals surface area contributed by atoms with Crippen molar-refractivity contribution < 1.29 is 0 Å². The predicted molar refractivity (Wildman–Crippen MR) is 73.8 cm³/mol. The van der Waals surface area contributed by atoms with Crippen LogP contribution in [0.15, 0.2) is 30.9 Å². The lowest BCUT2D eigenvalue weighted by molar-refractivity contribution is 0.746. The molecule has 2 N–H and O–H groups in total. The SMILES string of the molecule is Cc1ccc2nc(-c3cncn3C3CC3)c(N)n2c1. The van der Waals surface area contributed by atoms with Crippen molar-refractivity contribution in [3.8, 4) is 11.4 Å². The van der Waals surface area contributed by atoms with E-state index in [1.807, 2.05) is 42.2 Å². The highest BCUT2D eigenvalue weighted by Gasteiger charge is 2.27. The molecule has 5 heteroatoms. The zero-order valence-electron chi connectivity index (χ0n) is 10.7. The number of rotatable bonds is 2. The van der Waals surface area contributed by atoms with Gasteiger partial charge in [0.05, 0.1) is 18.2 Å². The minimum atomic E-state index is 0.573. The number of hydrogen-bond acceptors (Lipinski definition) is 3. The van der Waals surface area contributed by atoms with Crippen molar-refractivity contribution in [1.29, 1.82) is 0 Å². The summed E-state index contributed by atoms with van der Waals surface area (Å²) in [5.41, 5.74) is 10.1. The Balaban J connectivity index is 1.95. The Labute approximate surface area is 110 Å². The molecule has 19 heavy (non-hydrogen) atoms. The molecule has 5 nitrogen and oxygen atoms in total. The molecule has 1 fully saturated rings. The topological polar surface area (TPSA) is 61.1 Å². The lowest BCUT2D eigenvalue weighted by atomic mass is 10.3. The van der Waals surface area contributed by atoms with Crippen LogP contribution in [0.5, 0.6) is 0 Å². The summed E-state index contributed by atoms with van der Waals surface area (Å²) in [6.07, 6.45) is 8.18. The lowest BCUT2D eigenvalue weighted by Gasteiger charge is -2.04. The molecule has 0 radical (unpaired) electrons. The van der Waals surface area contributed by atoms with Crippen molar-refractivity contribution in [3.63, 3.8) is 0 Å². The summed E-state index contributed by atoms with van der Waals surface area (Å²) in [6, 6.07) is 4.61. The monoisotopic (exact) mass is 253 g/mol. The van der Waals surface area contributed by atoms with E-state index >= 15 is 0 Å². The van der Waals surface area contributed by atoms with Crippen LogP contribution in [0.3, 0.4) is 0 Å². The summed E-state index contributed by atoms with van der Waals surface area (Å²) in [4.78, 5) is 8.89. The van der Waals surface area contributed by atoms with E-state index in [1.54, 1.807) is 0 Å². The van der Waals surface area contributed by atoms with Crippen LogP contribution in [0.1, 0.15) is 24.4 Å². The summed E-state index contributed by atoms with van der Waals surface area (Å²) in [5.74, 6) is 0.682. The Morgan fingerprint density at radius 1 is 1.32 bits per heavy atom. The Kier molecular flexibility index (Phi) is 2.01. The summed E-state index contributed by atoms with van der Waals surface area (Å²) < 4.78 is 4.12. The molecular formula is C14H15N5. The second kappa shape index (κ2) is 3.60. The van der Waals surface area contributed by atoms with Gasteiger partial charge in [-0.05, 0) is 31.4 Å². The average Bonchev–Trinajstić information content (AvgIpc) is 3.05. The molecule has 4 rings (SSSR count). The fourth-order valence-electron chi connectivity index (χ4n) is 2.49. The van der Waals surface area contributed by atoms with Crippen molar-refractivity contribution in [1.82, 2.24) is 18.9 Å². The molecule has 1 aliphatic carbocycles. The minimum absolute atomic E-state index is 0.573. The van der Waals surface area contributed by atoms with Crippen molar-refractivity contribution in [2.24, 2.45) is 0 Å². The zero-order chi connectivity index (χ0) is 13.0. The van der Waals surface area contributed by atoms with E-state index < -0.39 is 0 Å². The number of imidazole rings is 2. The summed E-state index contributed by atoms with van der Waals surface area (Å²) in [5, 5.41) is 0. The second-order valence-corrected chi connectivity index (χ2v) is 5.20. The second-order valence-electron chi connectivity index (χ2n) is 5.20. The van der Waals surface area contributed by atoms with Gasteiger partial charge in [-0.25, -0.2) is 9.97 Å². The summed E-state index contributed by atoms with van der Waals surface area (Å²) in [7, 11) is 0. The first-order chi connectivity index (χ1) is 9.24. The van der Waals surface area contributed by atoms with E-state index in [9.17, 15) is 0 Å². The molecule has 1 saturated carbocycles. The van der Waals surface area contributed by atoms with Gasteiger partial charge in [-0.2, -0.15) is 0 Å². The van der Waals surface area contributed by atoms with Gasteiger partial charge < -0.3 is 10.3 Å². The Hall–Kier alpha value is -2.30. The van der Waals surface area contributed by atoms with E-state index in [0.29, 0.717) is 11.9 Å². The van der Waals surface area contributed by atoms with Gasteiger partial charge >= 0.3 is 0 Å². The van der Waals surface area contributed by atoms with Gasteiger partial charge in [-0.3, -0.25) is 4.40 Å². The molecule has 0 aromatic carbocycles. The third kappa shape index (κ3) is 1.54. The molecule has 0 unspecified atom stereocenters. The lowest BCUT2D eigenvalue weighted by Crippen LogP contribution is -1.98. The van der Waals surface area contributed by atoms with E-state index in [0.717, 1.165) is 17.0 Å². The number of aromatic nitrogens is 4. The van der Waals surface area contributed by atoms with Crippen LogP contribution >= 0.6 is 0 Å². The highest BCUT2D eigenvalue weighted by atomic mass is 15.1. The average molecular weight is 253 g/mol. The number of hydrogen-bond donors (Lipinski definition) is 1. The fourth-order valence-corrected chi connectivity index (χ4v) is 2.49. The summed E-state index contributed by atoms with van der Waals surface area (Å²) in [6.45, 7) is 2.05. The number of nitrogens with zero attached hydrogens (tertiary/aromatic N) is 4. The molecule has 3 heterocycles. The zero-order valence-corrected chi connectivity index (χ0v) is 10.7. The number of fused-ring (bicyclic) bond motifs is 1. The normalized spacial score (nSPS) is 15.2. The summed E-state index contributed by atoms with van der Waals surface area (Å²) >= 11 is 0. The first-order valence-electron chi connectivity index (χ1n) is 6.50. The predicted octanol–water partition coefficient (Wildman–Crippen LogP) is 2.42. The van der Waals surface area contributed by atoms with Gasteiger partial charge in [0, 0.05) is 12.2 Å². The molecule has 96 valence electrons. The number of nitrogens with two attached hydrogens (primary N) is 1. The van der Waals surface area contributed by atoms with Crippen LogP contribution in [0, 0.1) is 6.92 Å². The van der Waals surface area contributed by atoms with Crippen LogP contribution in [-0.2, 0) is 0 Å². The number of pyridine rings is 1. The number of anilines is 1. The van der Waals surface area contributed by atoms with Gasteiger partial charge in [0.1, 0.15) is 17.2 Å². The van der Waals surface area contributed by atoms with Gasteiger partial charge in [0.15, 0.2) is 0 Å². The molecule has 0 atom stereocenters. The maximum atomic E-state index is 6.25. The van der Waals surface area contributed by atoms with E-state index in [1.165, 1.54) is 18.4 Å². The quantitative estimate of drug-likeness (QED) is 0.763. The smallest absolute Gasteiger partial charge is 0.139 e. The maximum absolute atomic E-state index is 6.25. The van der Waals surface area contributed by atoms with Gasteiger partial charge in [0.25, 0.3) is 0 Å². The van der Waals surface area contributed by atoms with Crippen molar-refractivity contribution in [3.05, 3.63) is 36.4 Å². The molecule has 1 aliphatic rings. The highest BCUT2D eigenvalue weighted by Crippen LogP contribution is 2.39. The Bertz CT molecular complexity index is 763. The van der Waals surface area contributed by atoms with Crippen LogP contribution in [0.25, 0.3) is 17.0 Å². The van der Waals surface area contributed by atoms with Crippen LogP contribution in [-0.4, -0.2) is 18.9 Å². The van der Waals surface area contributed by atoms with Crippen molar-refractivity contribution in [2.45, 2.75) is 25.8 Å². The molecule has 3 aromatic heterocycles. The number of aryl methyl sites for hydroxylation is 1. The van der Waals surface area contributed by atoms with Crippen molar-refractivity contribution in [2.75, 3.05) is 5.73 Å². The first kappa shape index (κ1) is 10.6. The molecule has 0 amide bonds. The standard InChI is InChI=1S/C14H15N5/c1-9-2-5-12-17-13(14(15)18(12)7-9)11-6-16-8-19(11)10-3-4-10/h2,5-8,10H,3-4,15H2,1H3. The van der Waals surface area contributed by atoms with Crippen LogP contribution in [0.4, 0.5) is 5.82 Å². The van der Waals surface area contributed by atoms with Crippen molar-refractivity contribution >= 4 is 11.5 Å². The van der Waals surface area contributed by atoms with E-state index in [-0.39, 0.29) is 0 Å². The molecule has 0 saturated heterocycles. The van der Waals surface area contributed by atoms with Gasteiger partial charge in [-0.1, -0.05) is 6.07 Å².